The fourth-order valence-electron chi connectivity index (χ4n) is 3.56. The highest BCUT2D eigenvalue weighted by molar-refractivity contribution is 6.05. The predicted octanol–water partition coefficient (Wildman–Crippen LogP) is 4.60. The molecule has 4 N–H and O–H groups in total. The van der Waals surface area contributed by atoms with Gasteiger partial charge in [0.25, 0.3) is 5.91 Å². The molecule has 0 aromatic heterocycles. The quantitative estimate of drug-likeness (QED) is 0.562. The predicted molar refractivity (Wildman–Crippen MR) is 119 cm³/mol. The minimum Gasteiger partial charge on any atom is -0.338 e. The summed E-state index contributed by atoms with van der Waals surface area (Å²) >= 11 is 0. The van der Waals surface area contributed by atoms with Crippen molar-refractivity contribution in [3.05, 3.63) is 54.1 Å². The van der Waals surface area contributed by atoms with Gasteiger partial charge in [0.15, 0.2) is 0 Å². The van der Waals surface area contributed by atoms with Crippen molar-refractivity contribution in [1.82, 2.24) is 5.32 Å². The fraction of sp³-hybridized carbons (Fsp3) is 0.348. The maximum absolute atomic E-state index is 12.7. The number of anilines is 3. The van der Waals surface area contributed by atoms with Crippen LogP contribution in [0, 0.1) is 5.92 Å². The molecular formula is C23H28N4O3. The zero-order valence-corrected chi connectivity index (χ0v) is 17.2. The summed E-state index contributed by atoms with van der Waals surface area (Å²) < 4.78 is 0. The van der Waals surface area contributed by atoms with Crippen LogP contribution in [-0.2, 0) is 4.79 Å². The molecule has 1 aliphatic rings. The Balaban J connectivity index is 1.62. The topological polar surface area (TPSA) is 99.3 Å². The molecule has 3 rings (SSSR count). The third-order valence-corrected chi connectivity index (χ3v) is 5.08. The SMILES string of the molecule is CCNC(=O)Nc1cccc(NC(=O)c2cccc(NC(=O)C3CCCCC3)c2)c1. The molecule has 0 saturated heterocycles. The third kappa shape index (κ3) is 6.07. The van der Waals surface area contributed by atoms with Gasteiger partial charge >= 0.3 is 6.03 Å². The summed E-state index contributed by atoms with van der Waals surface area (Å²) in [5.41, 5.74) is 2.20. The minimum absolute atomic E-state index is 0.0244. The largest absolute Gasteiger partial charge is 0.338 e. The lowest BCUT2D eigenvalue weighted by Crippen LogP contribution is -2.28. The first kappa shape index (κ1) is 21.4. The van der Waals surface area contributed by atoms with Gasteiger partial charge in [-0.05, 0) is 56.2 Å². The molecule has 158 valence electrons. The Hall–Kier alpha value is -3.35. The molecule has 0 aliphatic heterocycles. The molecule has 30 heavy (non-hydrogen) atoms. The Morgan fingerprint density at radius 3 is 2.17 bits per heavy atom. The van der Waals surface area contributed by atoms with Crippen molar-refractivity contribution in [3.63, 3.8) is 0 Å². The zero-order valence-electron chi connectivity index (χ0n) is 17.2. The van der Waals surface area contributed by atoms with Crippen LogP contribution in [0.4, 0.5) is 21.9 Å². The Morgan fingerprint density at radius 2 is 1.47 bits per heavy atom. The zero-order chi connectivity index (χ0) is 21.3. The standard InChI is InChI=1S/C23H28N4O3/c1-2-24-23(30)27-20-13-7-12-19(15-20)26-22(29)17-10-6-11-18(14-17)25-21(28)16-8-4-3-5-9-16/h6-7,10-16H,2-5,8-9H2,1H3,(H,25,28)(H,26,29)(H2,24,27,30). The second-order valence-corrected chi connectivity index (χ2v) is 7.42. The number of amides is 4. The van der Waals surface area contributed by atoms with Crippen molar-refractivity contribution in [2.24, 2.45) is 5.92 Å². The van der Waals surface area contributed by atoms with Crippen LogP contribution in [0.25, 0.3) is 0 Å². The summed E-state index contributed by atoms with van der Waals surface area (Å²) in [4.78, 5) is 36.8. The molecule has 0 radical (unpaired) electrons. The highest BCUT2D eigenvalue weighted by atomic mass is 16.2. The van der Waals surface area contributed by atoms with E-state index in [1.165, 1.54) is 6.42 Å². The maximum atomic E-state index is 12.7. The van der Waals surface area contributed by atoms with Crippen LogP contribution in [0.2, 0.25) is 0 Å². The molecule has 2 aromatic carbocycles. The number of carbonyl (C=O) groups excluding carboxylic acids is 3. The van der Waals surface area contributed by atoms with Gasteiger partial charge in [-0.15, -0.1) is 0 Å². The molecule has 0 spiro atoms. The van der Waals surface area contributed by atoms with Crippen LogP contribution in [0.1, 0.15) is 49.4 Å². The van der Waals surface area contributed by atoms with Gasteiger partial charge in [0, 0.05) is 35.1 Å². The summed E-state index contributed by atoms with van der Waals surface area (Å²) in [6, 6.07) is 13.5. The first-order chi connectivity index (χ1) is 14.5. The van der Waals surface area contributed by atoms with E-state index < -0.39 is 0 Å². The number of urea groups is 1. The molecule has 0 atom stereocenters. The second-order valence-electron chi connectivity index (χ2n) is 7.42. The van der Waals surface area contributed by atoms with Crippen molar-refractivity contribution < 1.29 is 14.4 Å². The average molecular weight is 409 g/mol. The second kappa shape index (κ2) is 10.4. The maximum Gasteiger partial charge on any atom is 0.319 e. The van der Waals surface area contributed by atoms with E-state index in [2.05, 4.69) is 21.3 Å². The highest BCUT2D eigenvalue weighted by Crippen LogP contribution is 2.25. The summed E-state index contributed by atoms with van der Waals surface area (Å²) in [5.74, 6) is -0.216. The van der Waals surface area contributed by atoms with Crippen LogP contribution in [0.3, 0.4) is 0 Å². The number of rotatable bonds is 6. The van der Waals surface area contributed by atoms with Gasteiger partial charge < -0.3 is 21.3 Å². The molecule has 4 amide bonds. The lowest BCUT2D eigenvalue weighted by molar-refractivity contribution is -0.120. The van der Waals surface area contributed by atoms with E-state index in [-0.39, 0.29) is 23.8 Å². The molecular weight excluding hydrogens is 380 g/mol. The number of carbonyl (C=O) groups is 3. The first-order valence-electron chi connectivity index (χ1n) is 10.4. The monoisotopic (exact) mass is 408 g/mol. The van der Waals surface area contributed by atoms with Crippen molar-refractivity contribution in [2.45, 2.75) is 39.0 Å². The molecule has 1 fully saturated rings. The average Bonchev–Trinajstić information content (AvgIpc) is 2.75. The van der Waals surface area contributed by atoms with Gasteiger partial charge in [-0.25, -0.2) is 4.79 Å². The van der Waals surface area contributed by atoms with Crippen LogP contribution >= 0.6 is 0 Å². The number of hydrogen-bond acceptors (Lipinski definition) is 3. The van der Waals surface area contributed by atoms with Crippen LogP contribution in [0.5, 0.6) is 0 Å². The summed E-state index contributed by atoms with van der Waals surface area (Å²) in [7, 11) is 0. The van der Waals surface area contributed by atoms with Crippen molar-refractivity contribution in [2.75, 3.05) is 22.5 Å². The number of benzene rings is 2. The highest BCUT2D eigenvalue weighted by Gasteiger charge is 2.21. The Morgan fingerprint density at radius 1 is 0.833 bits per heavy atom. The molecule has 0 heterocycles. The lowest BCUT2D eigenvalue weighted by Gasteiger charge is -2.20. The summed E-state index contributed by atoms with van der Waals surface area (Å²) in [6.07, 6.45) is 5.22. The van der Waals surface area contributed by atoms with Crippen molar-refractivity contribution in [1.29, 1.82) is 0 Å². The minimum atomic E-state index is -0.303. The molecule has 1 aliphatic carbocycles. The lowest BCUT2D eigenvalue weighted by atomic mass is 9.88. The van der Waals surface area contributed by atoms with Gasteiger partial charge in [-0.2, -0.15) is 0 Å². The Labute approximate surface area is 176 Å². The van der Waals surface area contributed by atoms with Gasteiger partial charge in [-0.3, -0.25) is 9.59 Å². The Kier molecular flexibility index (Phi) is 7.43. The number of hydrogen-bond donors (Lipinski definition) is 4. The van der Waals surface area contributed by atoms with Crippen LogP contribution in [0.15, 0.2) is 48.5 Å². The van der Waals surface area contributed by atoms with Crippen LogP contribution < -0.4 is 21.3 Å². The van der Waals surface area contributed by atoms with Crippen molar-refractivity contribution in [3.8, 4) is 0 Å². The fourth-order valence-corrected chi connectivity index (χ4v) is 3.56. The molecule has 1 saturated carbocycles. The molecule has 2 aromatic rings. The molecule has 7 nitrogen and oxygen atoms in total. The van der Waals surface area contributed by atoms with Gasteiger partial charge in [-0.1, -0.05) is 31.4 Å². The van der Waals surface area contributed by atoms with E-state index in [1.807, 2.05) is 6.92 Å². The van der Waals surface area contributed by atoms with Gasteiger partial charge in [0.1, 0.15) is 0 Å². The normalized spacial score (nSPS) is 13.9. The first-order valence-corrected chi connectivity index (χ1v) is 10.4. The molecule has 0 bridgehead atoms. The summed E-state index contributed by atoms with van der Waals surface area (Å²) in [5, 5.41) is 11.1. The van der Waals surface area contributed by atoms with Gasteiger partial charge in [0.05, 0.1) is 0 Å². The number of nitrogens with one attached hydrogen (secondary N) is 4. The van der Waals surface area contributed by atoms with E-state index in [0.717, 1.165) is 25.7 Å². The van der Waals surface area contributed by atoms with E-state index in [9.17, 15) is 14.4 Å². The van der Waals surface area contributed by atoms with E-state index in [4.69, 9.17) is 0 Å². The van der Waals surface area contributed by atoms with E-state index >= 15 is 0 Å². The summed E-state index contributed by atoms with van der Waals surface area (Å²) in [6.45, 7) is 2.36. The molecule has 0 unspecified atom stereocenters. The Bertz CT molecular complexity index is 907. The molecule has 7 heteroatoms. The van der Waals surface area contributed by atoms with Gasteiger partial charge in [0.2, 0.25) is 5.91 Å². The van der Waals surface area contributed by atoms with E-state index in [0.29, 0.717) is 29.2 Å². The van der Waals surface area contributed by atoms with Crippen molar-refractivity contribution >= 4 is 34.9 Å². The third-order valence-electron chi connectivity index (χ3n) is 5.08. The van der Waals surface area contributed by atoms with Crippen LogP contribution in [-0.4, -0.2) is 24.4 Å². The smallest absolute Gasteiger partial charge is 0.319 e. The van der Waals surface area contributed by atoms with E-state index in [1.54, 1.807) is 48.5 Å².